The van der Waals surface area contributed by atoms with Crippen LogP contribution in [0.3, 0.4) is 0 Å². The highest BCUT2D eigenvalue weighted by Gasteiger charge is 2.46. The molecule has 0 aromatic carbocycles. The molecule has 3 unspecified atom stereocenters. The summed E-state index contributed by atoms with van der Waals surface area (Å²) in [7, 11) is 2.24. The summed E-state index contributed by atoms with van der Waals surface area (Å²) in [5.41, 5.74) is 6.96. The van der Waals surface area contributed by atoms with E-state index in [9.17, 15) is 0 Å². The van der Waals surface area contributed by atoms with Gasteiger partial charge < -0.3 is 10.6 Å². The molecule has 2 rings (SSSR count). The maximum absolute atomic E-state index is 6.28. The zero-order chi connectivity index (χ0) is 14.3. The van der Waals surface area contributed by atoms with Gasteiger partial charge in [0.25, 0.3) is 0 Å². The fraction of sp³-hybridized carbons (Fsp3) is 1.00. The van der Waals surface area contributed by atoms with Gasteiger partial charge in [0.1, 0.15) is 0 Å². The van der Waals surface area contributed by atoms with Crippen LogP contribution < -0.4 is 5.73 Å². The number of hydrogen-bond acceptors (Lipinski definition) is 3. The van der Waals surface area contributed by atoms with Crippen molar-refractivity contribution in [3.05, 3.63) is 0 Å². The van der Waals surface area contributed by atoms with E-state index in [4.69, 9.17) is 5.73 Å². The van der Waals surface area contributed by atoms with Gasteiger partial charge in [-0.25, -0.2) is 0 Å². The lowest BCUT2D eigenvalue weighted by molar-refractivity contribution is -0.0450. The molecule has 0 radical (unpaired) electrons. The monoisotopic (exact) mass is 267 g/mol. The van der Waals surface area contributed by atoms with Crippen LogP contribution in [0.4, 0.5) is 0 Å². The van der Waals surface area contributed by atoms with E-state index in [1.807, 2.05) is 0 Å². The second-order valence-corrected chi connectivity index (χ2v) is 8.06. The van der Waals surface area contributed by atoms with Crippen LogP contribution >= 0.6 is 0 Å². The second kappa shape index (κ2) is 5.34. The topological polar surface area (TPSA) is 32.5 Å². The van der Waals surface area contributed by atoms with Crippen LogP contribution in [0.15, 0.2) is 0 Å². The molecule has 1 aliphatic carbocycles. The number of hydrogen-bond donors (Lipinski definition) is 1. The van der Waals surface area contributed by atoms with Gasteiger partial charge in [-0.2, -0.15) is 0 Å². The van der Waals surface area contributed by atoms with Gasteiger partial charge in [-0.1, -0.05) is 20.8 Å². The Balaban J connectivity index is 2.17. The molecule has 0 amide bonds. The molecule has 3 nitrogen and oxygen atoms in total. The van der Waals surface area contributed by atoms with Crippen molar-refractivity contribution in [1.82, 2.24) is 9.80 Å². The first kappa shape index (κ1) is 15.3. The Labute approximate surface area is 119 Å². The molecular formula is C16H33N3. The van der Waals surface area contributed by atoms with Crippen LogP contribution in [-0.4, -0.2) is 54.6 Å². The average molecular weight is 267 g/mol. The maximum Gasteiger partial charge on any atom is 0.0340 e. The van der Waals surface area contributed by atoms with Crippen molar-refractivity contribution in [2.24, 2.45) is 17.1 Å². The van der Waals surface area contributed by atoms with E-state index in [2.05, 4.69) is 44.5 Å². The van der Waals surface area contributed by atoms with Gasteiger partial charge in [-0.15, -0.1) is 0 Å². The lowest BCUT2D eigenvalue weighted by Crippen LogP contribution is -2.64. The third-order valence-corrected chi connectivity index (χ3v) is 5.45. The summed E-state index contributed by atoms with van der Waals surface area (Å²) in [5.74, 6) is 0.794. The van der Waals surface area contributed by atoms with Gasteiger partial charge in [0.15, 0.2) is 0 Å². The largest absolute Gasteiger partial charge is 0.329 e. The van der Waals surface area contributed by atoms with Crippen LogP contribution in [0.25, 0.3) is 0 Å². The number of nitrogens with zero attached hydrogens (tertiary/aromatic N) is 2. The number of likely N-dealkylation sites (N-methyl/N-ethyl adjacent to an activating group) is 1. The third-order valence-electron chi connectivity index (χ3n) is 5.45. The van der Waals surface area contributed by atoms with E-state index in [0.29, 0.717) is 11.5 Å². The van der Waals surface area contributed by atoms with Crippen molar-refractivity contribution < 1.29 is 0 Å². The van der Waals surface area contributed by atoms with Gasteiger partial charge in [-0.3, -0.25) is 4.90 Å². The summed E-state index contributed by atoms with van der Waals surface area (Å²) in [6.45, 7) is 13.9. The standard InChI is InChI=1S/C16H33N3/c1-13-8-15(3,4)11-16(9-13,12-17)19-7-6-18(5)14(2)10-19/h13-14H,6-12,17H2,1-5H3. The van der Waals surface area contributed by atoms with Gasteiger partial charge in [0.2, 0.25) is 0 Å². The quantitative estimate of drug-likeness (QED) is 0.832. The molecule has 0 aromatic heterocycles. The van der Waals surface area contributed by atoms with Crippen molar-refractivity contribution >= 4 is 0 Å². The van der Waals surface area contributed by atoms with E-state index in [1.165, 1.54) is 38.9 Å². The Morgan fingerprint density at radius 2 is 1.84 bits per heavy atom. The summed E-state index contributed by atoms with van der Waals surface area (Å²) in [5, 5.41) is 0. The minimum absolute atomic E-state index is 0.247. The Bertz CT molecular complexity index is 315. The van der Waals surface area contributed by atoms with Crippen LogP contribution in [0, 0.1) is 11.3 Å². The van der Waals surface area contributed by atoms with E-state index in [1.54, 1.807) is 0 Å². The first-order valence-electron chi connectivity index (χ1n) is 7.93. The Morgan fingerprint density at radius 3 is 2.37 bits per heavy atom. The molecule has 3 heteroatoms. The molecule has 1 aliphatic heterocycles. The number of piperazine rings is 1. The first-order chi connectivity index (χ1) is 8.78. The molecule has 0 aromatic rings. The van der Waals surface area contributed by atoms with Crippen molar-refractivity contribution in [2.75, 3.05) is 33.2 Å². The molecule has 0 bridgehead atoms. The van der Waals surface area contributed by atoms with Gasteiger partial charge in [-0.05, 0) is 44.6 Å². The molecule has 1 heterocycles. The molecule has 2 aliphatic rings. The summed E-state index contributed by atoms with van der Waals surface area (Å²) in [6, 6.07) is 0.650. The SMILES string of the molecule is CC1CC(C)(C)CC(CN)(N2CCN(C)C(C)C2)C1. The van der Waals surface area contributed by atoms with E-state index in [-0.39, 0.29) is 5.54 Å². The minimum atomic E-state index is 0.247. The summed E-state index contributed by atoms with van der Waals surface area (Å²) >= 11 is 0. The number of rotatable bonds is 2. The van der Waals surface area contributed by atoms with Gasteiger partial charge in [0.05, 0.1) is 0 Å². The lowest BCUT2D eigenvalue weighted by atomic mass is 9.63. The third kappa shape index (κ3) is 3.14. The second-order valence-electron chi connectivity index (χ2n) is 8.06. The lowest BCUT2D eigenvalue weighted by Gasteiger charge is -2.55. The van der Waals surface area contributed by atoms with E-state index in [0.717, 1.165) is 12.5 Å². The zero-order valence-electron chi connectivity index (χ0n) is 13.6. The summed E-state index contributed by atoms with van der Waals surface area (Å²) in [4.78, 5) is 5.19. The Kier molecular flexibility index (Phi) is 4.29. The normalized spacial score (nSPS) is 41.4. The van der Waals surface area contributed by atoms with Crippen molar-refractivity contribution in [2.45, 2.75) is 58.5 Å². The van der Waals surface area contributed by atoms with E-state index < -0.39 is 0 Å². The molecule has 2 fully saturated rings. The summed E-state index contributed by atoms with van der Waals surface area (Å²) < 4.78 is 0. The van der Waals surface area contributed by atoms with Crippen molar-refractivity contribution in [3.63, 3.8) is 0 Å². The highest BCUT2D eigenvalue weighted by molar-refractivity contribution is 5.02. The molecular weight excluding hydrogens is 234 g/mol. The molecule has 112 valence electrons. The van der Waals surface area contributed by atoms with Crippen LogP contribution in [-0.2, 0) is 0 Å². The maximum atomic E-state index is 6.28. The average Bonchev–Trinajstić information content (AvgIpc) is 2.30. The first-order valence-corrected chi connectivity index (χ1v) is 7.93. The van der Waals surface area contributed by atoms with E-state index >= 15 is 0 Å². The molecule has 3 atom stereocenters. The Hall–Kier alpha value is -0.120. The Morgan fingerprint density at radius 1 is 1.16 bits per heavy atom. The van der Waals surface area contributed by atoms with Gasteiger partial charge in [0, 0.05) is 37.8 Å². The fourth-order valence-electron chi connectivity index (χ4n) is 4.70. The molecule has 1 saturated carbocycles. The van der Waals surface area contributed by atoms with Gasteiger partial charge >= 0.3 is 0 Å². The highest BCUT2D eigenvalue weighted by atomic mass is 15.3. The zero-order valence-corrected chi connectivity index (χ0v) is 13.6. The number of nitrogens with two attached hydrogens (primary N) is 1. The molecule has 2 N–H and O–H groups in total. The van der Waals surface area contributed by atoms with Crippen LogP contribution in [0.2, 0.25) is 0 Å². The minimum Gasteiger partial charge on any atom is -0.329 e. The predicted molar refractivity (Wildman–Crippen MR) is 82.2 cm³/mol. The van der Waals surface area contributed by atoms with Crippen LogP contribution in [0.1, 0.15) is 47.0 Å². The molecule has 19 heavy (non-hydrogen) atoms. The van der Waals surface area contributed by atoms with Crippen molar-refractivity contribution in [3.8, 4) is 0 Å². The predicted octanol–water partition coefficient (Wildman–Crippen LogP) is 2.17. The van der Waals surface area contributed by atoms with Crippen LogP contribution in [0.5, 0.6) is 0 Å². The van der Waals surface area contributed by atoms with Crippen molar-refractivity contribution in [1.29, 1.82) is 0 Å². The smallest absolute Gasteiger partial charge is 0.0340 e. The summed E-state index contributed by atoms with van der Waals surface area (Å²) in [6.07, 6.45) is 3.89. The fourth-order valence-corrected chi connectivity index (χ4v) is 4.70. The highest BCUT2D eigenvalue weighted by Crippen LogP contribution is 2.46. The molecule has 0 spiro atoms. The molecule has 1 saturated heterocycles.